The van der Waals surface area contributed by atoms with Crippen LogP contribution in [0, 0.1) is 11.6 Å². The maximum absolute atomic E-state index is 15.4. The van der Waals surface area contributed by atoms with Crippen molar-refractivity contribution in [3.8, 4) is 33.9 Å². The van der Waals surface area contributed by atoms with Crippen molar-refractivity contribution in [3.05, 3.63) is 78.3 Å². The van der Waals surface area contributed by atoms with Gasteiger partial charge in [-0.2, -0.15) is 5.10 Å². The van der Waals surface area contributed by atoms with Crippen LogP contribution in [-0.2, 0) is 6.54 Å². The van der Waals surface area contributed by atoms with Crippen molar-refractivity contribution >= 4 is 27.6 Å². The van der Waals surface area contributed by atoms with Gasteiger partial charge < -0.3 is 15.2 Å². The molecule has 0 aliphatic carbocycles. The van der Waals surface area contributed by atoms with E-state index in [0.29, 0.717) is 51.5 Å². The van der Waals surface area contributed by atoms with Crippen LogP contribution in [0.5, 0.6) is 0 Å². The maximum atomic E-state index is 15.4. The molecule has 0 atom stereocenters. The minimum atomic E-state index is -0.432. The first-order chi connectivity index (χ1) is 21.9. The first-order valence-electron chi connectivity index (χ1n) is 15.3. The van der Waals surface area contributed by atoms with Crippen molar-refractivity contribution in [2.24, 2.45) is 0 Å². The number of anilines is 1. The average molecular weight is 608 g/mol. The minimum Gasteiger partial charge on any atom is -0.384 e. The molecule has 0 bridgehead atoms. The first kappa shape index (κ1) is 29.0. The van der Waals surface area contributed by atoms with Crippen molar-refractivity contribution in [3.63, 3.8) is 0 Å². The molecule has 6 aromatic rings. The zero-order valence-electron chi connectivity index (χ0n) is 25.4. The number of imidazole rings is 1. The molecule has 0 spiro atoms. The number of hydrogen-bond acceptors (Lipinski definition) is 7. The number of H-pyrrole nitrogens is 2. The number of likely N-dealkylation sites (N-methyl/N-ethyl adjacent to an activating group) is 1. The van der Waals surface area contributed by atoms with Crippen LogP contribution in [-0.4, -0.2) is 80.2 Å². The van der Waals surface area contributed by atoms with Crippen LogP contribution in [0.15, 0.2) is 61.1 Å². The van der Waals surface area contributed by atoms with Crippen molar-refractivity contribution in [2.75, 3.05) is 45.6 Å². The summed E-state index contributed by atoms with van der Waals surface area (Å²) >= 11 is 0. The lowest BCUT2D eigenvalue weighted by molar-refractivity contribution is 0.220. The van der Waals surface area contributed by atoms with E-state index in [1.165, 1.54) is 37.5 Å². The summed E-state index contributed by atoms with van der Waals surface area (Å²) in [7, 11) is 3.98. The molecule has 230 valence electrons. The maximum Gasteiger partial charge on any atom is 0.157 e. The second-order valence-corrected chi connectivity index (χ2v) is 12.0. The Bertz CT molecular complexity index is 1970. The smallest absolute Gasteiger partial charge is 0.157 e. The highest BCUT2D eigenvalue weighted by atomic mass is 19.1. The number of halogens is 2. The number of likely N-dealkylation sites (tertiary alicyclic amines) is 1. The molecule has 0 amide bonds. The van der Waals surface area contributed by atoms with Crippen LogP contribution in [0.25, 0.3) is 55.8 Å². The lowest BCUT2D eigenvalue weighted by Gasteiger charge is -2.26. The van der Waals surface area contributed by atoms with E-state index in [9.17, 15) is 4.39 Å². The Morgan fingerprint density at radius 3 is 2.64 bits per heavy atom. The second-order valence-electron chi connectivity index (χ2n) is 12.0. The number of aromatic amines is 2. The fourth-order valence-electron chi connectivity index (χ4n) is 6.05. The van der Waals surface area contributed by atoms with Gasteiger partial charge in [0.05, 0.1) is 11.2 Å². The van der Waals surface area contributed by atoms with Gasteiger partial charge in [-0.25, -0.2) is 13.8 Å². The van der Waals surface area contributed by atoms with Gasteiger partial charge in [-0.15, -0.1) is 0 Å². The van der Waals surface area contributed by atoms with Gasteiger partial charge in [-0.05, 0) is 93.6 Å². The molecule has 7 rings (SSSR count). The van der Waals surface area contributed by atoms with E-state index in [4.69, 9.17) is 4.98 Å². The molecule has 0 saturated carbocycles. The molecule has 1 fully saturated rings. The number of aromatic nitrogens is 6. The fraction of sp³-hybridized carbons (Fsp3) is 0.294. The van der Waals surface area contributed by atoms with Gasteiger partial charge in [-0.1, -0.05) is 6.42 Å². The number of piperidine rings is 1. The Kier molecular flexibility index (Phi) is 7.95. The van der Waals surface area contributed by atoms with Gasteiger partial charge in [0.25, 0.3) is 0 Å². The molecular formula is C34H35F2N9. The largest absolute Gasteiger partial charge is 0.384 e. The fourth-order valence-corrected chi connectivity index (χ4v) is 6.05. The summed E-state index contributed by atoms with van der Waals surface area (Å²) in [5.41, 5.74) is 6.54. The molecule has 2 aromatic carbocycles. The number of rotatable bonds is 9. The predicted octanol–water partition coefficient (Wildman–Crippen LogP) is 6.47. The Labute approximate surface area is 259 Å². The summed E-state index contributed by atoms with van der Waals surface area (Å²) in [6, 6.07) is 12.1. The quantitative estimate of drug-likeness (QED) is 0.173. The van der Waals surface area contributed by atoms with E-state index in [1.54, 1.807) is 12.4 Å². The van der Waals surface area contributed by atoms with E-state index >= 15 is 4.39 Å². The Morgan fingerprint density at radius 2 is 1.80 bits per heavy atom. The molecule has 11 heteroatoms. The number of nitrogens with one attached hydrogen (secondary N) is 3. The molecule has 0 radical (unpaired) electrons. The molecule has 1 saturated heterocycles. The van der Waals surface area contributed by atoms with Crippen LogP contribution in [0.2, 0.25) is 0 Å². The van der Waals surface area contributed by atoms with Crippen LogP contribution in [0.3, 0.4) is 0 Å². The lowest BCUT2D eigenvalue weighted by atomic mass is 10.0. The van der Waals surface area contributed by atoms with E-state index in [2.05, 4.69) is 46.3 Å². The summed E-state index contributed by atoms with van der Waals surface area (Å²) in [6.45, 7) is 4.49. The third-order valence-corrected chi connectivity index (χ3v) is 8.29. The van der Waals surface area contributed by atoms with E-state index < -0.39 is 5.82 Å². The van der Waals surface area contributed by atoms with Crippen LogP contribution < -0.4 is 5.32 Å². The highest BCUT2D eigenvalue weighted by Gasteiger charge is 2.19. The predicted molar refractivity (Wildman–Crippen MR) is 174 cm³/mol. The molecule has 1 aliphatic heterocycles. The van der Waals surface area contributed by atoms with Crippen molar-refractivity contribution in [1.82, 2.24) is 39.9 Å². The second kappa shape index (κ2) is 12.3. The van der Waals surface area contributed by atoms with Gasteiger partial charge in [0.15, 0.2) is 11.6 Å². The minimum absolute atomic E-state index is 0.226. The molecule has 3 N–H and O–H groups in total. The SMILES string of the molecule is CN(C)CCNc1cc(F)cc(-c2nccc3[nH]c(-c4[nH]nc5c(F)cc(-c6cncc(CN7CCCCC7)c6)cc45)nc23)c1. The summed E-state index contributed by atoms with van der Waals surface area (Å²) in [5, 5.41) is 11.1. The summed E-state index contributed by atoms with van der Waals surface area (Å²) < 4.78 is 30.1. The van der Waals surface area contributed by atoms with Crippen molar-refractivity contribution in [1.29, 1.82) is 0 Å². The highest BCUT2D eigenvalue weighted by molar-refractivity contribution is 5.98. The molecule has 45 heavy (non-hydrogen) atoms. The van der Waals surface area contributed by atoms with Gasteiger partial charge in [0, 0.05) is 60.4 Å². The monoisotopic (exact) mass is 607 g/mol. The first-order valence-corrected chi connectivity index (χ1v) is 15.3. The number of nitrogens with zero attached hydrogens (tertiary/aromatic N) is 6. The van der Waals surface area contributed by atoms with E-state index in [0.717, 1.165) is 42.8 Å². The van der Waals surface area contributed by atoms with E-state index in [1.807, 2.05) is 38.5 Å². The van der Waals surface area contributed by atoms with Gasteiger partial charge in [-0.3, -0.25) is 20.0 Å². The van der Waals surface area contributed by atoms with Gasteiger partial charge in [0.1, 0.15) is 22.5 Å². The average Bonchev–Trinajstić information content (AvgIpc) is 3.66. The van der Waals surface area contributed by atoms with Gasteiger partial charge >= 0.3 is 0 Å². The third-order valence-electron chi connectivity index (χ3n) is 8.29. The Morgan fingerprint density at radius 1 is 0.933 bits per heavy atom. The van der Waals surface area contributed by atoms with Crippen LogP contribution >= 0.6 is 0 Å². The highest BCUT2D eigenvalue weighted by Crippen LogP contribution is 2.34. The number of pyridine rings is 2. The number of benzene rings is 2. The van der Waals surface area contributed by atoms with Crippen LogP contribution in [0.1, 0.15) is 24.8 Å². The van der Waals surface area contributed by atoms with Gasteiger partial charge in [0.2, 0.25) is 0 Å². The zero-order chi connectivity index (χ0) is 30.9. The Balaban J connectivity index is 1.23. The summed E-state index contributed by atoms with van der Waals surface area (Å²) in [5.74, 6) is -0.318. The molecule has 5 heterocycles. The lowest BCUT2D eigenvalue weighted by Crippen LogP contribution is -2.29. The van der Waals surface area contributed by atoms with Crippen molar-refractivity contribution in [2.45, 2.75) is 25.8 Å². The number of fused-ring (bicyclic) bond motifs is 2. The zero-order valence-corrected chi connectivity index (χ0v) is 25.4. The molecule has 0 unspecified atom stereocenters. The molecule has 9 nitrogen and oxygen atoms in total. The molecule has 1 aliphatic rings. The topological polar surface area (TPSA) is 102 Å². The van der Waals surface area contributed by atoms with Crippen LogP contribution in [0.4, 0.5) is 14.5 Å². The number of hydrogen-bond donors (Lipinski definition) is 3. The van der Waals surface area contributed by atoms with E-state index in [-0.39, 0.29) is 11.3 Å². The molecular weight excluding hydrogens is 572 g/mol. The molecule has 4 aromatic heterocycles. The van der Waals surface area contributed by atoms with Crippen molar-refractivity contribution < 1.29 is 8.78 Å². The third kappa shape index (κ3) is 6.13. The summed E-state index contributed by atoms with van der Waals surface area (Å²) in [6.07, 6.45) is 9.03. The standard InChI is InChI=1S/C34H35F2N9/c1-44(2)11-8-38-26-14-23(13-25(35)17-26)30-33-29(6-7-39-30)40-34(41-33)32-27-15-22(16-28(36)31(27)42-43-32)24-12-21(18-37-19-24)20-45-9-4-3-5-10-45/h6-7,12-19,38H,3-5,8-11,20H2,1-2H3,(H,40,41)(H,42,43). The normalized spacial score (nSPS) is 14.2. The Hall–Kier alpha value is -4.74. The summed E-state index contributed by atoms with van der Waals surface area (Å²) in [4.78, 5) is 21.7.